The van der Waals surface area contributed by atoms with Crippen LogP contribution >= 0.6 is 0 Å². The zero-order valence-corrected chi connectivity index (χ0v) is 20.6. The van der Waals surface area contributed by atoms with Gasteiger partial charge in [-0.2, -0.15) is 26.3 Å². The number of carbonyl (C=O) groups is 1. The molecule has 2 aromatic carbocycles. The summed E-state index contributed by atoms with van der Waals surface area (Å²) in [6.45, 7) is 4.39. The Hall–Kier alpha value is -4.22. The Kier molecular flexibility index (Phi) is 7.24. The fourth-order valence-corrected chi connectivity index (χ4v) is 3.91. The van der Waals surface area contributed by atoms with Crippen LogP contribution in [0.15, 0.2) is 59.1 Å². The van der Waals surface area contributed by atoms with Crippen LogP contribution in [-0.4, -0.2) is 15.9 Å². The van der Waals surface area contributed by atoms with E-state index in [2.05, 4.69) is 15.3 Å². The minimum Gasteiger partial charge on any atom is -0.436 e. The lowest BCUT2D eigenvalue weighted by Crippen LogP contribution is -2.27. The molecular formula is C27H20F7N3O2. The van der Waals surface area contributed by atoms with Gasteiger partial charge in [0, 0.05) is 29.8 Å². The second kappa shape index (κ2) is 10.2. The van der Waals surface area contributed by atoms with E-state index >= 15 is 0 Å². The fraction of sp³-hybridized carbons (Fsp3) is 0.222. The number of aryl methyl sites for hydroxylation is 2. The summed E-state index contributed by atoms with van der Waals surface area (Å²) in [5, 5.41) is 2.58. The molecule has 0 spiro atoms. The molecule has 2 aromatic heterocycles. The number of hydrogen-bond donors (Lipinski definition) is 1. The number of alkyl halides is 6. The summed E-state index contributed by atoms with van der Waals surface area (Å²) in [5.41, 5.74) is -0.972. The van der Waals surface area contributed by atoms with Crippen molar-refractivity contribution in [2.24, 2.45) is 0 Å². The number of benzene rings is 2. The molecule has 0 aliphatic heterocycles. The van der Waals surface area contributed by atoms with Gasteiger partial charge in [0.15, 0.2) is 5.89 Å². The SMILES string of the molecule is Cc1ccc(-c2cc(C(=O)N[C@H](C)c3ccc(C(F)(F)F)nc3)cc(-c3nc(C)oc3C(F)(F)F)c2)c(F)c1. The number of carbonyl (C=O) groups excluding carboxylic acids is 1. The molecule has 12 heteroatoms. The van der Waals surface area contributed by atoms with Crippen LogP contribution in [0.4, 0.5) is 30.7 Å². The van der Waals surface area contributed by atoms with E-state index in [4.69, 9.17) is 4.42 Å². The molecule has 4 aromatic rings. The Morgan fingerprint density at radius 3 is 2.21 bits per heavy atom. The van der Waals surface area contributed by atoms with Crippen molar-refractivity contribution >= 4 is 5.91 Å². The van der Waals surface area contributed by atoms with Gasteiger partial charge in [0.1, 0.15) is 17.2 Å². The molecule has 0 fully saturated rings. The van der Waals surface area contributed by atoms with Crippen molar-refractivity contribution in [1.82, 2.24) is 15.3 Å². The minimum atomic E-state index is -4.89. The number of rotatable bonds is 5. The molecule has 204 valence electrons. The summed E-state index contributed by atoms with van der Waals surface area (Å²) in [6.07, 6.45) is -8.57. The predicted octanol–water partition coefficient (Wildman–Crippen LogP) is 7.69. The molecule has 4 rings (SSSR count). The normalized spacial score (nSPS) is 12.9. The number of hydrogen-bond acceptors (Lipinski definition) is 4. The molecule has 39 heavy (non-hydrogen) atoms. The van der Waals surface area contributed by atoms with Crippen molar-refractivity contribution in [3.8, 4) is 22.4 Å². The van der Waals surface area contributed by atoms with E-state index in [1.54, 1.807) is 13.0 Å². The Morgan fingerprint density at radius 2 is 1.62 bits per heavy atom. The lowest BCUT2D eigenvalue weighted by atomic mass is 9.96. The van der Waals surface area contributed by atoms with Gasteiger partial charge in [0.2, 0.25) is 5.76 Å². The maximum atomic E-state index is 14.8. The van der Waals surface area contributed by atoms with Crippen molar-refractivity contribution in [3.63, 3.8) is 0 Å². The number of pyridine rings is 1. The van der Waals surface area contributed by atoms with E-state index in [-0.39, 0.29) is 33.7 Å². The standard InChI is InChI=1S/C27H20F7N3O2/c1-13-4-6-20(21(28)8-13)17-9-18(23-24(27(32,33)34)39-15(3)37-23)11-19(10-17)25(38)36-14(2)16-5-7-22(35-12-16)26(29,30)31/h4-12,14H,1-3H3,(H,36,38)/t14-/m1/s1. The molecule has 0 aliphatic carbocycles. The predicted molar refractivity (Wildman–Crippen MR) is 127 cm³/mol. The topological polar surface area (TPSA) is 68.0 Å². The third-order valence-electron chi connectivity index (χ3n) is 5.82. The number of oxazole rings is 1. The zero-order valence-electron chi connectivity index (χ0n) is 20.6. The van der Waals surface area contributed by atoms with Crippen molar-refractivity contribution in [2.75, 3.05) is 0 Å². The molecule has 0 aliphatic rings. The molecule has 0 saturated heterocycles. The summed E-state index contributed by atoms with van der Waals surface area (Å²) in [6, 6.07) is 9.08. The number of aromatic nitrogens is 2. The van der Waals surface area contributed by atoms with Crippen LogP contribution in [0.2, 0.25) is 0 Å². The first-order valence-corrected chi connectivity index (χ1v) is 11.4. The van der Waals surface area contributed by atoms with Gasteiger partial charge in [0.05, 0.1) is 6.04 Å². The average Bonchev–Trinajstić information content (AvgIpc) is 3.25. The lowest BCUT2D eigenvalue weighted by Gasteiger charge is -2.16. The monoisotopic (exact) mass is 551 g/mol. The molecule has 0 bridgehead atoms. The van der Waals surface area contributed by atoms with Crippen LogP contribution in [0, 0.1) is 19.7 Å². The van der Waals surface area contributed by atoms with Crippen molar-refractivity contribution in [2.45, 2.75) is 39.2 Å². The Labute approximate surface area is 217 Å². The van der Waals surface area contributed by atoms with Gasteiger partial charge < -0.3 is 9.73 Å². The minimum absolute atomic E-state index is 0.0327. The van der Waals surface area contributed by atoms with E-state index in [9.17, 15) is 35.5 Å². The first-order valence-electron chi connectivity index (χ1n) is 11.4. The molecule has 1 atom stereocenters. The largest absolute Gasteiger partial charge is 0.451 e. The third-order valence-corrected chi connectivity index (χ3v) is 5.82. The summed E-state index contributed by atoms with van der Waals surface area (Å²) in [7, 11) is 0. The fourth-order valence-electron chi connectivity index (χ4n) is 3.91. The Morgan fingerprint density at radius 1 is 0.923 bits per heavy atom. The van der Waals surface area contributed by atoms with Crippen molar-refractivity contribution < 1.29 is 39.9 Å². The summed E-state index contributed by atoms with van der Waals surface area (Å²) in [4.78, 5) is 20.4. The van der Waals surface area contributed by atoms with Gasteiger partial charge in [-0.3, -0.25) is 9.78 Å². The number of amides is 1. The van der Waals surface area contributed by atoms with Gasteiger partial charge in [0.25, 0.3) is 5.91 Å². The van der Waals surface area contributed by atoms with E-state index in [0.29, 0.717) is 5.56 Å². The highest BCUT2D eigenvalue weighted by atomic mass is 19.4. The van der Waals surface area contributed by atoms with E-state index in [0.717, 1.165) is 24.4 Å². The number of nitrogens with one attached hydrogen (secondary N) is 1. The van der Waals surface area contributed by atoms with Crippen LogP contribution in [0.1, 0.15) is 51.8 Å². The smallest absolute Gasteiger partial charge is 0.436 e. The van der Waals surface area contributed by atoms with Gasteiger partial charge in [-0.1, -0.05) is 18.2 Å². The average molecular weight is 551 g/mol. The van der Waals surface area contributed by atoms with Crippen LogP contribution in [0.25, 0.3) is 22.4 Å². The molecule has 2 heterocycles. The molecule has 0 radical (unpaired) electrons. The summed E-state index contributed by atoms with van der Waals surface area (Å²) >= 11 is 0. The van der Waals surface area contributed by atoms with Crippen LogP contribution in [-0.2, 0) is 12.4 Å². The highest BCUT2D eigenvalue weighted by Crippen LogP contribution is 2.39. The maximum Gasteiger partial charge on any atom is 0.451 e. The van der Waals surface area contributed by atoms with Gasteiger partial charge in [-0.05, 0) is 60.9 Å². The van der Waals surface area contributed by atoms with Crippen molar-refractivity contribution in [1.29, 1.82) is 0 Å². The first kappa shape index (κ1) is 27.8. The maximum absolute atomic E-state index is 14.8. The van der Waals surface area contributed by atoms with Gasteiger partial charge in [-0.25, -0.2) is 9.37 Å². The van der Waals surface area contributed by atoms with Crippen molar-refractivity contribution in [3.05, 3.63) is 94.6 Å². The summed E-state index contributed by atoms with van der Waals surface area (Å²) < 4.78 is 99.0. The second-order valence-corrected chi connectivity index (χ2v) is 8.86. The lowest BCUT2D eigenvalue weighted by molar-refractivity contribution is -0.152. The number of nitrogens with zero attached hydrogens (tertiary/aromatic N) is 2. The Bertz CT molecular complexity index is 1520. The van der Waals surface area contributed by atoms with E-state index < -0.39 is 47.3 Å². The zero-order chi connectivity index (χ0) is 28.7. The molecule has 1 amide bonds. The molecule has 0 saturated carbocycles. The first-order chi connectivity index (χ1) is 18.1. The Balaban J connectivity index is 1.76. The molecule has 0 unspecified atom stereocenters. The molecule has 5 nitrogen and oxygen atoms in total. The third kappa shape index (κ3) is 6.10. The quantitative estimate of drug-likeness (QED) is 0.258. The molecule has 1 N–H and O–H groups in total. The highest BCUT2D eigenvalue weighted by Gasteiger charge is 2.40. The second-order valence-electron chi connectivity index (χ2n) is 8.86. The van der Waals surface area contributed by atoms with Crippen LogP contribution in [0.5, 0.6) is 0 Å². The van der Waals surface area contributed by atoms with Crippen LogP contribution < -0.4 is 5.32 Å². The van der Waals surface area contributed by atoms with Crippen LogP contribution in [0.3, 0.4) is 0 Å². The molecular weight excluding hydrogens is 531 g/mol. The number of halogens is 7. The highest BCUT2D eigenvalue weighted by molar-refractivity contribution is 5.97. The summed E-state index contributed by atoms with van der Waals surface area (Å²) in [5.74, 6) is -3.07. The van der Waals surface area contributed by atoms with Gasteiger partial charge >= 0.3 is 12.4 Å². The van der Waals surface area contributed by atoms with E-state index in [1.807, 2.05) is 0 Å². The van der Waals surface area contributed by atoms with Gasteiger partial charge in [-0.15, -0.1) is 0 Å². The van der Waals surface area contributed by atoms with E-state index in [1.165, 1.54) is 38.1 Å².